The summed E-state index contributed by atoms with van der Waals surface area (Å²) in [4.78, 5) is 15.5. The van der Waals surface area contributed by atoms with E-state index in [4.69, 9.17) is 40.1 Å². The molecule has 0 radical (unpaired) electrons. The molecule has 1 saturated heterocycles. The summed E-state index contributed by atoms with van der Waals surface area (Å²) < 4.78 is 29.9. The topological polar surface area (TPSA) is 142 Å². The number of sulfonamides is 1. The van der Waals surface area contributed by atoms with Crippen LogP contribution in [-0.4, -0.2) is 50.7 Å². The summed E-state index contributed by atoms with van der Waals surface area (Å²) in [7, 11) is -4.10. The molecule has 0 unspecified atom stereocenters. The van der Waals surface area contributed by atoms with Gasteiger partial charge in [0.25, 0.3) is 0 Å². The van der Waals surface area contributed by atoms with E-state index in [1.807, 2.05) is 0 Å². The molecule has 1 fully saturated rings. The second-order valence-electron chi connectivity index (χ2n) is 9.99. The number of nitrogens with two attached hydrogens (primary N) is 2. The zero-order valence-electron chi connectivity index (χ0n) is 21.9. The van der Waals surface area contributed by atoms with Crippen molar-refractivity contribution in [3.05, 3.63) is 87.9 Å². The van der Waals surface area contributed by atoms with Gasteiger partial charge in [0.15, 0.2) is 0 Å². The minimum atomic E-state index is -4.10. The monoisotopic (exact) mass is 601 g/mol. The van der Waals surface area contributed by atoms with E-state index in [0.717, 1.165) is 19.3 Å². The number of nitrogens with zero attached hydrogens (tertiary/aromatic N) is 1. The lowest BCUT2D eigenvalue weighted by molar-refractivity contribution is -0.134. The fraction of sp³-hybridized carbons (Fsp3) is 0.310. The Bertz CT molecular complexity index is 1490. The summed E-state index contributed by atoms with van der Waals surface area (Å²) in [6, 6.07) is 17.4. The predicted molar refractivity (Wildman–Crippen MR) is 160 cm³/mol. The van der Waals surface area contributed by atoms with Crippen LogP contribution < -0.4 is 16.2 Å². The first-order valence-corrected chi connectivity index (χ1v) is 15.3. The van der Waals surface area contributed by atoms with Crippen molar-refractivity contribution < 1.29 is 13.2 Å². The van der Waals surface area contributed by atoms with E-state index >= 15 is 0 Å². The minimum Gasteiger partial charge on any atom is -0.384 e. The number of amides is 1. The van der Waals surface area contributed by atoms with Gasteiger partial charge in [0.1, 0.15) is 11.9 Å². The Morgan fingerprint density at radius 3 is 2.38 bits per heavy atom. The molecule has 11 heteroatoms. The van der Waals surface area contributed by atoms with Crippen molar-refractivity contribution in [3.8, 4) is 11.1 Å². The number of nitrogens with one attached hydrogen (secondary N) is 2. The number of piperidine rings is 1. The SMILES string of the molecule is N=C(N)c1cccc(C[C@H](NS(=O)(=O)c2cccc(-c3ccc(Cl)c(Cl)c3)c2)C(=O)N2CCC(CCN)CC2)c1. The number of nitrogen functional groups attached to an aromatic ring is 1. The van der Waals surface area contributed by atoms with Crippen LogP contribution in [-0.2, 0) is 21.2 Å². The Labute approximate surface area is 245 Å². The average molecular weight is 603 g/mol. The lowest BCUT2D eigenvalue weighted by Crippen LogP contribution is -2.51. The van der Waals surface area contributed by atoms with E-state index in [-0.39, 0.29) is 23.1 Å². The smallest absolute Gasteiger partial charge is 0.241 e. The third kappa shape index (κ3) is 7.41. The van der Waals surface area contributed by atoms with Gasteiger partial charge in [0.05, 0.1) is 14.9 Å². The van der Waals surface area contributed by atoms with Crippen LogP contribution in [0.5, 0.6) is 0 Å². The largest absolute Gasteiger partial charge is 0.384 e. The zero-order valence-corrected chi connectivity index (χ0v) is 24.3. The highest BCUT2D eigenvalue weighted by atomic mass is 35.5. The van der Waals surface area contributed by atoms with Crippen LogP contribution in [0.15, 0.2) is 71.6 Å². The van der Waals surface area contributed by atoms with Crippen molar-refractivity contribution in [2.75, 3.05) is 19.6 Å². The summed E-state index contributed by atoms with van der Waals surface area (Å²) in [5.41, 5.74) is 13.9. The number of carbonyl (C=O) groups excluding carboxylic acids is 1. The number of benzene rings is 3. The van der Waals surface area contributed by atoms with Gasteiger partial charge in [0.2, 0.25) is 15.9 Å². The second kappa shape index (κ2) is 13.1. The maximum absolute atomic E-state index is 13.7. The van der Waals surface area contributed by atoms with E-state index in [2.05, 4.69) is 4.72 Å². The van der Waals surface area contributed by atoms with Crippen molar-refractivity contribution in [1.82, 2.24) is 9.62 Å². The normalized spacial score (nSPS) is 15.1. The van der Waals surface area contributed by atoms with E-state index in [9.17, 15) is 13.2 Å². The van der Waals surface area contributed by atoms with Crippen LogP contribution >= 0.6 is 23.2 Å². The number of amidine groups is 1. The van der Waals surface area contributed by atoms with E-state index in [1.165, 1.54) is 12.1 Å². The molecule has 212 valence electrons. The lowest BCUT2D eigenvalue weighted by Gasteiger charge is -2.34. The predicted octanol–water partition coefficient (Wildman–Crippen LogP) is 4.42. The van der Waals surface area contributed by atoms with E-state index in [1.54, 1.807) is 59.5 Å². The zero-order chi connectivity index (χ0) is 28.9. The van der Waals surface area contributed by atoms with Crippen molar-refractivity contribution in [2.45, 2.75) is 36.6 Å². The molecule has 1 amide bonds. The molecule has 1 aliphatic rings. The number of hydrogen-bond acceptors (Lipinski definition) is 5. The Kier molecular flexibility index (Phi) is 9.86. The molecule has 1 atom stereocenters. The molecule has 0 bridgehead atoms. The van der Waals surface area contributed by atoms with Crippen LogP contribution in [0.1, 0.15) is 30.4 Å². The Balaban J connectivity index is 1.62. The summed E-state index contributed by atoms with van der Waals surface area (Å²) in [5, 5.41) is 8.51. The van der Waals surface area contributed by atoms with Gasteiger partial charge in [0, 0.05) is 18.7 Å². The van der Waals surface area contributed by atoms with Gasteiger partial charge in [-0.25, -0.2) is 8.42 Å². The Morgan fingerprint density at radius 1 is 1.00 bits per heavy atom. The first-order valence-electron chi connectivity index (χ1n) is 13.1. The molecule has 0 saturated carbocycles. The summed E-state index contributed by atoms with van der Waals surface area (Å²) >= 11 is 12.2. The third-order valence-corrected chi connectivity index (χ3v) is 9.38. The molecule has 1 aliphatic heterocycles. The standard InChI is InChI=1S/C29H33Cl2N5O3S/c30-25-8-7-22(18-26(25)31)21-4-2-6-24(17-21)40(38,39)35-27(16-20-3-1-5-23(15-20)28(33)34)29(37)36-13-10-19(9-12-32)11-14-36/h1-8,15,17-19,27,35H,9-14,16,32H2,(H3,33,34)/t27-/m0/s1. The minimum absolute atomic E-state index is 0.0213. The third-order valence-electron chi connectivity index (χ3n) is 7.17. The first-order chi connectivity index (χ1) is 19.1. The van der Waals surface area contributed by atoms with E-state index < -0.39 is 16.1 Å². The molecule has 6 N–H and O–H groups in total. The van der Waals surface area contributed by atoms with Gasteiger partial charge in [-0.05, 0) is 85.2 Å². The van der Waals surface area contributed by atoms with Crippen LogP contribution in [0.4, 0.5) is 0 Å². The molecule has 3 aromatic carbocycles. The van der Waals surface area contributed by atoms with Gasteiger partial charge < -0.3 is 16.4 Å². The fourth-order valence-electron chi connectivity index (χ4n) is 4.95. The number of rotatable bonds is 10. The lowest BCUT2D eigenvalue weighted by atomic mass is 9.93. The molecular weight excluding hydrogens is 569 g/mol. The van der Waals surface area contributed by atoms with Gasteiger partial charge in [-0.15, -0.1) is 0 Å². The number of likely N-dealkylation sites (tertiary alicyclic amines) is 1. The number of halogens is 2. The summed E-state index contributed by atoms with van der Waals surface area (Å²) in [5.74, 6) is 0.0654. The molecule has 3 aromatic rings. The van der Waals surface area contributed by atoms with Gasteiger partial charge in [-0.2, -0.15) is 4.72 Å². The number of hydrogen-bond donors (Lipinski definition) is 4. The quantitative estimate of drug-likeness (QED) is 0.201. The highest BCUT2D eigenvalue weighted by molar-refractivity contribution is 7.89. The maximum Gasteiger partial charge on any atom is 0.241 e. The highest BCUT2D eigenvalue weighted by Gasteiger charge is 2.32. The fourth-order valence-corrected chi connectivity index (χ4v) is 6.49. The molecule has 1 heterocycles. The molecular formula is C29H33Cl2N5O3S. The molecule has 0 aliphatic carbocycles. The second-order valence-corrected chi connectivity index (χ2v) is 12.5. The van der Waals surface area contributed by atoms with Crippen molar-refractivity contribution in [2.24, 2.45) is 17.4 Å². The van der Waals surface area contributed by atoms with Gasteiger partial charge >= 0.3 is 0 Å². The van der Waals surface area contributed by atoms with Crippen LogP contribution in [0.25, 0.3) is 11.1 Å². The Morgan fingerprint density at radius 2 is 1.70 bits per heavy atom. The molecule has 0 spiro atoms. The van der Waals surface area contributed by atoms with Gasteiger partial charge in [-0.3, -0.25) is 10.2 Å². The van der Waals surface area contributed by atoms with Gasteiger partial charge in [-0.1, -0.05) is 59.6 Å². The molecule has 8 nitrogen and oxygen atoms in total. The summed E-state index contributed by atoms with van der Waals surface area (Å²) in [6.45, 7) is 1.69. The first kappa shape index (κ1) is 30.0. The molecule has 0 aromatic heterocycles. The summed E-state index contributed by atoms with van der Waals surface area (Å²) in [6.07, 6.45) is 2.67. The van der Waals surface area contributed by atoms with Crippen LogP contribution in [0.3, 0.4) is 0 Å². The molecule has 4 rings (SSSR count). The van der Waals surface area contributed by atoms with Crippen molar-refractivity contribution in [3.63, 3.8) is 0 Å². The number of carbonyl (C=O) groups is 1. The van der Waals surface area contributed by atoms with Crippen LogP contribution in [0.2, 0.25) is 10.0 Å². The Hall–Kier alpha value is -2.95. The molecule has 40 heavy (non-hydrogen) atoms. The van der Waals surface area contributed by atoms with Crippen molar-refractivity contribution >= 4 is 45.0 Å². The average Bonchev–Trinajstić information content (AvgIpc) is 2.94. The van der Waals surface area contributed by atoms with E-state index in [0.29, 0.717) is 57.9 Å². The van der Waals surface area contributed by atoms with Crippen molar-refractivity contribution in [1.29, 1.82) is 5.41 Å². The van der Waals surface area contributed by atoms with Crippen LogP contribution in [0, 0.1) is 11.3 Å². The highest BCUT2D eigenvalue weighted by Crippen LogP contribution is 2.30. The maximum atomic E-state index is 13.7.